The lowest BCUT2D eigenvalue weighted by atomic mass is 9.97. The van der Waals surface area contributed by atoms with E-state index in [-0.39, 0.29) is 17.0 Å². The van der Waals surface area contributed by atoms with Gasteiger partial charge in [0.25, 0.3) is 0 Å². The van der Waals surface area contributed by atoms with Crippen LogP contribution in [-0.2, 0) is 4.74 Å². The van der Waals surface area contributed by atoms with E-state index in [1.807, 2.05) is 6.07 Å². The Morgan fingerprint density at radius 3 is 2.38 bits per heavy atom. The molecule has 0 bridgehead atoms. The third-order valence-electron chi connectivity index (χ3n) is 3.38. The van der Waals surface area contributed by atoms with Crippen molar-refractivity contribution < 1.29 is 9.94 Å². The molecule has 6 heteroatoms. The quantitative estimate of drug-likeness (QED) is 0.381. The average Bonchev–Trinajstić information content (AvgIpc) is 2.34. The average molecular weight is 312 g/mol. The summed E-state index contributed by atoms with van der Waals surface area (Å²) >= 11 is 6.12. The number of ether oxygens (including phenoxy) is 1. The van der Waals surface area contributed by atoms with Gasteiger partial charge in [0.1, 0.15) is 0 Å². The molecule has 1 saturated heterocycles. The normalized spacial score (nSPS) is 21.4. The SMILES string of the molecule is CC1(C)CN(c2cc(Cl)ccc2/C(N)=N/O)CC(C)(C)O1. The van der Waals surface area contributed by atoms with Gasteiger partial charge < -0.3 is 20.6 Å². The van der Waals surface area contributed by atoms with Gasteiger partial charge in [-0.3, -0.25) is 0 Å². The zero-order valence-corrected chi connectivity index (χ0v) is 13.6. The monoisotopic (exact) mass is 311 g/mol. The van der Waals surface area contributed by atoms with Crippen molar-refractivity contribution in [2.75, 3.05) is 18.0 Å². The second kappa shape index (κ2) is 5.39. The highest BCUT2D eigenvalue weighted by molar-refractivity contribution is 6.31. The molecule has 5 nitrogen and oxygen atoms in total. The molecule has 1 aromatic carbocycles. The Bertz CT molecular complexity index is 554. The molecule has 21 heavy (non-hydrogen) atoms. The minimum absolute atomic E-state index is 0.0729. The van der Waals surface area contributed by atoms with Crippen LogP contribution in [0.2, 0.25) is 5.02 Å². The van der Waals surface area contributed by atoms with Crippen LogP contribution in [0.1, 0.15) is 33.3 Å². The van der Waals surface area contributed by atoms with Crippen molar-refractivity contribution >= 4 is 23.1 Å². The lowest BCUT2D eigenvalue weighted by Gasteiger charge is -2.48. The van der Waals surface area contributed by atoms with E-state index < -0.39 is 0 Å². The first-order chi connectivity index (χ1) is 9.63. The number of anilines is 1. The Labute approximate surface area is 130 Å². The maximum Gasteiger partial charge on any atom is 0.172 e. The van der Waals surface area contributed by atoms with Gasteiger partial charge in [-0.1, -0.05) is 16.8 Å². The van der Waals surface area contributed by atoms with Crippen LogP contribution in [0.15, 0.2) is 23.4 Å². The maximum absolute atomic E-state index is 8.97. The molecule has 1 fully saturated rings. The highest BCUT2D eigenvalue weighted by Gasteiger charge is 2.39. The number of benzene rings is 1. The summed E-state index contributed by atoms with van der Waals surface area (Å²) in [6.45, 7) is 9.59. The van der Waals surface area contributed by atoms with Gasteiger partial charge in [0.15, 0.2) is 5.84 Å². The van der Waals surface area contributed by atoms with Crippen molar-refractivity contribution in [3.8, 4) is 0 Å². The van der Waals surface area contributed by atoms with Gasteiger partial charge in [-0.15, -0.1) is 0 Å². The number of hydrogen-bond acceptors (Lipinski definition) is 4. The zero-order chi connectivity index (χ0) is 15.8. The third kappa shape index (κ3) is 3.60. The molecular weight excluding hydrogens is 290 g/mol. The molecule has 3 N–H and O–H groups in total. The fourth-order valence-electron chi connectivity index (χ4n) is 2.99. The molecule has 0 aliphatic carbocycles. The van der Waals surface area contributed by atoms with Crippen LogP contribution in [0, 0.1) is 0 Å². The van der Waals surface area contributed by atoms with Crippen LogP contribution in [0.4, 0.5) is 5.69 Å². The minimum Gasteiger partial charge on any atom is -0.409 e. The van der Waals surface area contributed by atoms with Crippen molar-refractivity contribution in [2.45, 2.75) is 38.9 Å². The van der Waals surface area contributed by atoms with Gasteiger partial charge in [0.05, 0.1) is 11.2 Å². The Morgan fingerprint density at radius 1 is 1.29 bits per heavy atom. The summed E-state index contributed by atoms with van der Waals surface area (Å²) in [6, 6.07) is 5.34. The molecule has 1 aliphatic rings. The van der Waals surface area contributed by atoms with E-state index in [1.165, 1.54) is 0 Å². The summed E-state index contributed by atoms with van der Waals surface area (Å²) in [6.07, 6.45) is 0. The number of oxime groups is 1. The fourth-order valence-corrected chi connectivity index (χ4v) is 3.16. The van der Waals surface area contributed by atoms with Crippen molar-refractivity contribution in [1.29, 1.82) is 0 Å². The highest BCUT2D eigenvalue weighted by atomic mass is 35.5. The first-order valence-electron chi connectivity index (χ1n) is 6.86. The first kappa shape index (κ1) is 15.9. The van der Waals surface area contributed by atoms with E-state index in [1.54, 1.807) is 12.1 Å². The molecule has 0 amide bonds. The smallest absolute Gasteiger partial charge is 0.172 e. The Balaban J connectivity index is 2.47. The molecule has 2 rings (SSSR count). The first-order valence-corrected chi connectivity index (χ1v) is 7.24. The van der Waals surface area contributed by atoms with E-state index >= 15 is 0 Å². The number of nitrogens with two attached hydrogens (primary N) is 1. The highest BCUT2D eigenvalue weighted by Crippen LogP contribution is 2.34. The van der Waals surface area contributed by atoms with Crippen LogP contribution in [-0.4, -0.2) is 35.3 Å². The largest absolute Gasteiger partial charge is 0.409 e. The van der Waals surface area contributed by atoms with E-state index in [0.29, 0.717) is 23.7 Å². The summed E-state index contributed by atoms with van der Waals surface area (Å²) in [4.78, 5) is 2.17. The predicted molar refractivity (Wildman–Crippen MR) is 85.4 cm³/mol. The molecule has 116 valence electrons. The topological polar surface area (TPSA) is 71.1 Å². The molecule has 0 saturated carbocycles. The minimum atomic E-state index is -0.299. The van der Waals surface area contributed by atoms with Crippen LogP contribution in [0.25, 0.3) is 0 Å². The Hall–Kier alpha value is -1.46. The third-order valence-corrected chi connectivity index (χ3v) is 3.62. The van der Waals surface area contributed by atoms with Crippen molar-refractivity contribution in [1.82, 2.24) is 0 Å². The van der Waals surface area contributed by atoms with Gasteiger partial charge in [0, 0.05) is 29.4 Å². The summed E-state index contributed by atoms with van der Waals surface area (Å²) in [5.41, 5.74) is 6.70. The molecule has 0 spiro atoms. The Morgan fingerprint density at radius 2 is 1.86 bits per heavy atom. The summed E-state index contributed by atoms with van der Waals surface area (Å²) in [5.74, 6) is 0.0729. The molecule has 1 aliphatic heterocycles. The fraction of sp³-hybridized carbons (Fsp3) is 0.533. The van der Waals surface area contributed by atoms with E-state index in [2.05, 4.69) is 37.8 Å². The molecule has 0 atom stereocenters. The van der Waals surface area contributed by atoms with Crippen LogP contribution >= 0.6 is 11.6 Å². The van der Waals surface area contributed by atoms with E-state index in [0.717, 1.165) is 5.69 Å². The van der Waals surface area contributed by atoms with E-state index in [4.69, 9.17) is 27.3 Å². The van der Waals surface area contributed by atoms with E-state index in [9.17, 15) is 0 Å². The lowest BCUT2D eigenvalue weighted by molar-refractivity contribution is -0.133. The van der Waals surface area contributed by atoms with Gasteiger partial charge in [-0.05, 0) is 45.9 Å². The van der Waals surface area contributed by atoms with Crippen LogP contribution in [0.3, 0.4) is 0 Å². The number of amidine groups is 1. The molecule has 0 radical (unpaired) electrons. The zero-order valence-electron chi connectivity index (χ0n) is 12.9. The predicted octanol–water partition coefficient (Wildman–Crippen LogP) is 2.83. The number of hydrogen-bond donors (Lipinski definition) is 2. The molecule has 0 aromatic heterocycles. The molecule has 1 heterocycles. The van der Waals surface area contributed by atoms with Crippen LogP contribution in [0.5, 0.6) is 0 Å². The number of morpholine rings is 1. The van der Waals surface area contributed by atoms with Crippen molar-refractivity contribution in [3.05, 3.63) is 28.8 Å². The van der Waals surface area contributed by atoms with Gasteiger partial charge >= 0.3 is 0 Å². The van der Waals surface area contributed by atoms with Crippen molar-refractivity contribution in [2.24, 2.45) is 10.9 Å². The van der Waals surface area contributed by atoms with Gasteiger partial charge in [-0.2, -0.15) is 0 Å². The van der Waals surface area contributed by atoms with Crippen molar-refractivity contribution in [3.63, 3.8) is 0 Å². The second-order valence-corrected chi connectivity index (χ2v) is 7.06. The summed E-state index contributed by atoms with van der Waals surface area (Å²) in [5, 5.41) is 12.7. The maximum atomic E-state index is 8.97. The van der Waals surface area contributed by atoms with Gasteiger partial charge in [-0.25, -0.2) is 0 Å². The summed E-state index contributed by atoms with van der Waals surface area (Å²) in [7, 11) is 0. The number of rotatable bonds is 2. The number of halogens is 1. The Kier molecular flexibility index (Phi) is 4.08. The second-order valence-electron chi connectivity index (χ2n) is 6.62. The van der Waals surface area contributed by atoms with Crippen LogP contribution < -0.4 is 10.6 Å². The summed E-state index contributed by atoms with van der Waals surface area (Å²) < 4.78 is 6.08. The molecule has 0 unspecified atom stereocenters. The number of nitrogens with zero attached hydrogens (tertiary/aromatic N) is 2. The van der Waals surface area contributed by atoms with Gasteiger partial charge in [0.2, 0.25) is 0 Å². The standard InChI is InChI=1S/C15H22ClN3O2/c1-14(2)8-19(9-15(3,4)21-14)12-7-10(16)5-6-11(12)13(17)18-20/h5-7,20H,8-9H2,1-4H3,(H2,17,18). The molecular formula is C15H22ClN3O2. The molecule has 1 aromatic rings. The lowest BCUT2D eigenvalue weighted by Crippen LogP contribution is -2.57.